The summed E-state index contributed by atoms with van der Waals surface area (Å²) in [4.78, 5) is 37.4. The van der Waals surface area contributed by atoms with Gasteiger partial charge >= 0.3 is 0 Å². The van der Waals surface area contributed by atoms with Crippen molar-refractivity contribution >= 4 is 29.3 Å². The Balaban J connectivity index is 1.52. The fraction of sp³-hybridized carbons (Fsp3) is 0.448. The van der Waals surface area contributed by atoms with Gasteiger partial charge in [-0.25, -0.2) is 9.37 Å². The molecule has 0 radical (unpaired) electrons. The average Bonchev–Trinajstić information content (AvgIpc) is 3.31. The zero-order valence-corrected chi connectivity index (χ0v) is 23.3. The summed E-state index contributed by atoms with van der Waals surface area (Å²) >= 11 is 0. The van der Waals surface area contributed by atoms with Crippen LogP contribution in [0.5, 0.6) is 0 Å². The molecule has 0 saturated carbocycles. The fourth-order valence-electron chi connectivity index (χ4n) is 4.04. The molecule has 2 heterocycles. The smallest absolute Gasteiger partial charge is 0.247 e. The number of hydrogen-bond donors (Lipinski definition) is 4. The van der Waals surface area contributed by atoms with E-state index in [1.165, 1.54) is 23.1 Å². The molecule has 40 heavy (non-hydrogen) atoms. The van der Waals surface area contributed by atoms with Crippen molar-refractivity contribution in [3.05, 3.63) is 54.0 Å². The quantitative estimate of drug-likeness (QED) is 0.180. The second-order valence-corrected chi connectivity index (χ2v) is 9.77. The Labute approximate surface area is 235 Å². The molecule has 1 aliphatic heterocycles. The number of aliphatic hydroxyl groups is 1. The van der Waals surface area contributed by atoms with E-state index in [2.05, 4.69) is 37.8 Å². The maximum absolute atomic E-state index is 13.5. The van der Waals surface area contributed by atoms with Crippen LogP contribution in [0.25, 0.3) is 0 Å². The number of halogens is 1. The molecule has 214 valence electrons. The van der Waals surface area contributed by atoms with Crippen molar-refractivity contribution in [2.24, 2.45) is 0 Å². The summed E-state index contributed by atoms with van der Waals surface area (Å²) in [5.41, 5.74) is 1.18. The predicted molar refractivity (Wildman–Crippen MR) is 153 cm³/mol. The van der Waals surface area contributed by atoms with Crippen LogP contribution in [0.3, 0.4) is 0 Å². The van der Waals surface area contributed by atoms with Gasteiger partial charge in [-0.3, -0.25) is 9.59 Å². The highest BCUT2D eigenvalue weighted by molar-refractivity contribution is 5.93. The van der Waals surface area contributed by atoms with Crippen LogP contribution in [0.2, 0.25) is 0 Å². The van der Waals surface area contributed by atoms with Crippen molar-refractivity contribution in [3.8, 4) is 11.8 Å². The zero-order valence-electron chi connectivity index (χ0n) is 23.3. The van der Waals surface area contributed by atoms with Crippen molar-refractivity contribution in [3.63, 3.8) is 0 Å². The van der Waals surface area contributed by atoms with E-state index in [-0.39, 0.29) is 30.6 Å². The van der Waals surface area contributed by atoms with Crippen molar-refractivity contribution in [1.29, 1.82) is 0 Å². The molecule has 1 fully saturated rings. The fourth-order valence-corrected chi connectivity index (χ4v) is 4.04. The van der Waals surface area contributed by atoms with E-state index in [0.717, 1.165) is 6.42 Å². The second kappa shape index (κ2) is 15.5. The summed E-state index contributed by atoms with van der Waals surface area (Å²) in [6.45, 7) is 3.90. The van der Waals surface area contributed by atoms with Gasteiger partial charge in [0.2, 0.25) is 17.8 Å². The van der Waals surface area contributed by atoms with E-state index in [9.17, 15) is 19.1 Å². The maximum atomic E-state index is 13.5. The molecule has 2 amide bonds. The Morgan fingerprint density at radius 3 is 2.88 bits per heavy atom. The van der Waals surface area contributed by atoms with Crippen LogP contribution >= 0.6 is 0 Å². The first-order valence-corrected chi connectivity index (χ1v) is 13.5. The van der Waals surface area contributed by atoms with Gasteiger partial charge in [0.25, 0.3) is 0 Å². The Morgan fingerprint density at radius 1 is 1.30 bits per heavy atom. The molecule has 1 saturated heterocycles. The third-order valence-electron chi connectivity index (χ3n) is 6.01. The molecule has 0 aliphatic carbocycles. The third-order valence-corrected chi connectivity index (χ3v) is 6.01. The Kier molecular flexibility index (Phi) is 11.9. The number of nitrogens with zero attached hydrogens (tertiary/aromatic N) is 4. The molecule has 4 N–H and O–H groups in total. The van der Waals surface area contributed by atoms with Gasteiger partial charge < -0.3 is 30.9 Å². The predicted octanol–water partition coefficient (Wildman–Crippen LogP) is 2.51. The first-order valence-electron chi connectivity index (χ1n) is 13.5. The average molecular weight is 552 g/mol. The highest BCUT2D eigenvalue weighted by atomic mass is 19.1. The number of nitrogens with one attached hydrogen (secondary N) is 3. The van der Waals surface area contributed by atoms with Crippen molar-refractivity contribution in [2.45, 2.75) is 44.8 Å². The minimum absolute atomic E-state index is 0.141. The van der Waals surface area contributed by atoms with E-state index >= 15 is 0 Å². The molecule has 1 aromatic heterocycles. The summed E-state index contributed by atoms with van der Waals surface area (Å²) in [7, 11) is 3.80. The van der Waals surface area contributed by atoms with Gasteiger partial charge in [-0.05, 0) is 45.1 Å². The minimum atomic E-state index is -0.721. The summed E-state index contributed by atoms with van der Waals surface area (Å²) in [6, 6.07) is 5.37. The molecule has 2 aromatic rings. The highest BCUT2D eigenvalue weighted by Crippen LogP contribution is 2.19. The Morgan fingerprint density at radius 2 is 2.12 bits per heavy atom. The monoisotopic (exact) mass is 551 g/mol. The van der Waals surface area contributed by atoms with Gasteiger partial charge in [0.05, 0.1) is 17.9 Å². The number of hydrogen-bond acceptors (Lipinski definition) is 8. The topological polar surface area (TPSA) is 123 Å². The van der Waals surface area contributed by atoms with Crippen LogP contribution in [0.4, 0.5) is 21.8 Å². The second-order valence-electron chi connectivity index (χ2n) is 9.77. The minimum Gasteiger partial charge on any atom is -0.391 e. The lowest BCUT2D eigenvalue weighted by atomic mass is 10.2. The molecule has 11 heteroatoms. The van der Waals surface area contributed by atoms with Gasteiger partial charge in [-0.2, -0.15) is 4.98 Å². The van der Waals surface area contributed by atoms with Crippen molar-refractivity contribution < 1.29 is 19.1 Å². The number of likely N-dealkylation sites (tertiary alicyclic amines) is 1. The molecular weight excluding hydrogens is 513 g/mol. The van der Waals surface area contributed by atoms with Crippen LogP contribution in [0, 0.1) is 17.7 Å². The molecule has 3 rings (SSSR count). The Hall–Kier alpha value is -4.01. The number of carbonyl (C=O) groups excluding carboxylic acids is 2. The van der Waals surface area contributed by atoms with E-state index in [0.29, 0.717) is 55.5 Å². The summed E-state index contributed by atoms with van der Waals surface area (Å²) in [6.07, 6.45) is 6.34. The van der Waals surface area contributed by atoms with Crippen LogP contribution in [0.1, 0.15) is 38.2 Å². The third kappa shape index (κ3) is 9.63. The molecule has 0 unspecified atom stereocenters. The number of aliphatic hydroxyl groups excluding tert-OH is 1. The summed E-state index contributed by atoms with van der Waals surface area (Å²) in [5.74, 6) is 6.18. The molecule has 0 spiro atoms. The van der Waals surface area contributed by atoms with E-state index in [4.69, 9.17) is 0 Å². The molecule has 10 nitrogen and oxygen atoms in total. The molecular formula is C29H38FN7O3. The van der Waals surface area contributed by atoms with Crippen molar-refractivity contribution in [1.82, 2.24) is 25.1 Å². The van der Waals surface area contributed by atoms with Crippen LogP contribution in [-0.2, 0) is 9.59 Å². The summed E-state index contributed by atoms with van der Waals surface area (Å²) in [5, 5.41) is 19.2. The van der Waals surface area contributed by atoms with Crippen LogP contribution in [0.15, 0.2) is 42.6 Å². The molecule has 2 atom stereocenters. The van der Waals surface area contributed by atoms with Gasteiger partial charge in [-0.15, -0.1) is 0 Å². The number of β-amino-alcohol motifs (C(OH)–C–C–N with tert-alkyl or cyclic N) is 1. The largest absolute Gasteiger partial charge is 0.391 e. The van der Waals surface area contributed by atoms with E-state index < -0.39 is 12.1 Å². The van der Waals surface area contributed by atoms with Gasteiger partial charge in [0, 0.05) is 50.8 Å². The molecule has 0 bridgehead atoms. The van der Waals surface area contributed by atoms with Crippen LogP contribution < -0.4 is 16.0 Å². The number of carbonyl (C=O) groups is 2. The number of unbranched alkanes of at least 4 members (excludes halogenated alkanes) is 1. The number of anilines is 3. The number of aromatic nitrogens is 2. The molecule has 1 aliphatic rings. The van der Waals surface area contributed by atoms with E-state index in [1.807, 2.05) is 25.9 Å². The number of benzene rings is 1. The first kappa shape index (κ1) is 30.5. The zero-order chi connectivity index (χ0) is 28.9. The number of rotatable bonds is 12. The maximum Gasteiger partial charge on any atom is 0.247 e. The van der Waals surface area contributed by atoms with E-state index in [1.54, 1.807) is 24.4 Å². The first-order chi connectivity index (χ1) is 19.3. The lowest BCUT2D eigenvalue weighted by Gasteiger charge is -2.22. The lowest BCUT2D eigenvalue weighted by molar-refractivity contribution is -0.135. The Bertz CT molecular complexity index is 1240. The van der Waals surface area contributed by atoms with Gasteiger partial charge in [-0.1, -0.05) is 30.9 Å². The van der Waals surface area contributed by atoms with Gasteiger partial charge in [0.15, 0.2) is 0 Å². The SMILES string of the molecule is CCCNc1nc(Nc2cccc(F)c2)ncc1C#CCCCNC(=O)[C@@H]1C[C@@H](O)CN1C(=O)C=CCN(C)C. The normalized spacial score (nSPS) is 16.6. The number of likely N-dealkylation sites (N-methyl/N-ethyl adjacent to an activating group) is 1. The van der Waals surface area contributed by atoms with Gasteiger partial charge in [0.1, 0.15) is 17.7 Å². The standard InChI is InChI=1S/C29H38FN7O3/c1-4-14-31-27-21(19-33-29(35-27)34-23-12-8-11-22(30)17-23)10-6-5-7-15-32-28(40)25-18-24(38)20-37(25)26(39)13-9-16-36(2)3/h8-9,11-13,17,19,24-25,38H,4-5,7,14-16,18,20H2,1-3H3,(H,32,40)(H2,31,33,34,35)/t24-,25+/m1/s1. The lowest BCUT2D eigenvalue weighted by Crippen LogP contribution is -2.45. The summed E-state index contributed by atoms with van der Waals surface area (Å²) < 4.78 is 13.5. The number of amides is 2. The highest BCUT2D eigenvalue weighted by Gasteiger charge is 2.37. The molecule has 1 aromatic carbocycles. The van der Waals surface area contributed by atoms with Crippen molar-refractivity contribution in [2.75, 3.05) is 50.9 Å². The van der Waals surface area contributed by atoms with Crippen LogP contribution in [-0.4, -0.2) is 89.1 Å².